The second-order valence-electron chi connectivity index (χ2n) is 5.31. The zero-order chi connectivity index (χ0) is 15.5. The van der Waals surface area contributed by atoms with Crippen molar-refractivity contribution in [3.63, 3.8) is 0 Å². The lowest BCUT2D eigenvalue weighted by Gasteiger charge is -2.12. The normalized spacial score (nSPS) is 17.5. The van der Waals surface area contributed by atoms with Gasteiger partial charge in [-0.25, -0.2) is 15.0 Å². The van der Waals surface area contributed by atoms with E-state index in [4.69, 9.17) is 9.47 Å². The van der Waals surface area contributed by atoms with Crippen LogP contribution in [0.15, 0.2) is 30.9 Å². The molecular formula is C15H16N6O2. The van der Waals surface area contributed by atoms with Crippen LogP contribution in [0.1, 0.15) is 12.0 Å². The molecule has 1 aliphatic heterocycles. The number of anilines is 1. The number of aromatic amines is 1. The summed E-state index contributed by atoms with van der Waals surface area (Å²) in [7, 11) is 0. The Morgan fingerprint density at radius 3 is 3.26 bits per heavy atom. The molecule has 0 aromatic carbocycles. The van der Waals surface area contributed by atoms with Gasteiger partial charge in [-0.1, -0.05) is 0 Å². The highest BCUT2D eigenvalue weighted by molar-refractivity contribution is 5.85. The van der Waals surface area contributed by atoms with E-state index in [1.807, 2.05) is 12.1 Å². The number of ether oxygens (including phenoxy) is 2. The Hall–Kier alpha value is -2.74. The molecule has 118 valence electrons. The summed E-state index contributed by atoms with van der Waals surface area (Å²) in [6.07, 6.45) is 5.96. The smallest absolute Gasteiger partial charge is 0.213 e. The molecule has 1 saturated heterocycles. The monoisotopic (exact) mass is 312 g/mol. The quantitative estimate of drug-likeness (QED) is 0.737. The summed E-state index contributed by atoms with van der Waals surface area (Å²) in [5.74, 6) is 1.36. The molecule has 3 aromatic heterocycles. The van der Waals surface area contributed by atoms with E-state index < -0.39 is 0 Å². The molecule has 0 amide bonds. The van der Waals surface area contributed by atoms with Crippen molar-refractivity contribution in [3.8, 4) is 5.88 Å². The average molecular weight is 312 g/mol. The Bertz CT molecular complexity index is 799. The summed E-state index contributed by atoms with van der Waals surface area (Å²) in [6.45, 7) is 1.99. The first-order valence-corrected chi connectivity index (χ1v) is 7.46. The van der Waals surface area contributed by atoms with Gasteiger partial charge in [-0.3, -0.25) is 5.10 Å². The van der Waals surface area contributed by atoms with E-state index in [-0.39, 0.29) is 6.10 Å². The molecular weight excluding hydrogens is 296 g/mol. The first-order valence-electron chi connectivity index (χ1n) is 7.46. The second-order valence-corrected chi connectivity index (χ2v) is 5.31. The maximum absolute atomic E-state index is 5.82. The highest BCUT2D eigenvalue weighted by atomic mass is 16.5. The minimum absolute atomic E-state index is 0.0955. The molecule has 1 atom stereocenters. The average Bonchev–Trinajstić information content (AvgIpc) is 3.24. The van der Waals surface area contributed by atoms with Crippen molar-refractivity contribution in [2.24, 2.45) is 0 Å². The molecule has 4 heterocycles. The van der Waals surface area contributed by atoms with Crippen molar-refractivity contribution in [2.45, 2.75) is 19.1 Å². The van der Waals surface area contributed by atoms with E-state index in [2.05, 4.69) is 30.5 Å². The number of fused-ring (bicyclic) bond motifs is 1. The fraction of sp³-hybridized carbons (Fsp3) is 0.333. The zero-order valence-corrected chi connectivity index (χ0v) is 12.4. The van der Waals surface area contributed by atoms with Gasteiger partial charge in [0.25, 0.3) is 0 Å². The van der Waals surface area contributed by atoms with Gasteiger partial charge in [0, 0.05) is 25.2 Å². The Balaban J connectivity index is 1.45. The lowest BCUT2D eigenvalue weighted by atomic mass is 10.2. The molecule has 8 heteroatoms. The number of hydrogen-bond acceptors (Lipinski definition) is 7. The van der Waals surface area contributed by atoms with Crippen LogP contribution >= 0.6 is 0 Å². The lowest BCUT2D eigenvalue weighted by molar-refractivity contribution is 0.138. The standard InChI is InChI=1S/C15H16N6O2/c1-3-16-13(23-11-2-4-22-8-11)5-10(1)6-17-14-12-7-20-21-15(12)19-9-18-14/h1,3,5,7,9,11H,2,4,6,8H2,(H2,17,18,19,20,21). The van der Waals surface area contributed by atoms with Crippen LogP contribution in [0.4, 0.5) is 5.82 Å². The summed E-state index contributed by atoms with van der Waals surface area (Å²) in [5, 5.41) is 11.0. The maximum atomic E-state index is 5.82. The van der Waals surface area contributed by atoms with Gasteiger partial charge in [0.15, 0.2) is 5.65 Å². The van der Waals surface area contributed by atoms with Crippen molar-refractivity contribution in [1.29, 1.82) is 0 Å². The van der Waals surface area contributed by atoms with Crippen molar-refractivity contribution >= 4 is 16.9 Å². The van der Waals surface area contributed by atoms with E-state index in [1.54, 1.807) is 12.4 Å². The minimum atomic E-state index is 0.0955. The van der Waals surface area contributed by atoms with Crippen LogP contribution in [0.3, 0.4) is 0 Å². The van der Waals surface area contributed by atoms with Crippen molar-refractivity contribution in [3.05, 3.63) is 36.4 Å². The maximum Gasteiger partial charge on any atom is 0.213 e. The Labute approximate surface area is 132 Å². The summed E-state index contributed by atoms with van der Waals surface area (Å²) in [4.78, 5) is 12.6. The lowest BCUT2D eigenvalue weighted by Crippen LogP contribution is -2.16. The van der Waals surface area contributed by atoms with Crippen LogP contribution in [0.2, 0.25) is 0 Å². The Morgan fingerprint density at radius 1 is 1.35 bits per heavy atom. The van der Waals surface area contributed by atoms with Gasteiger partial charge in [-0.2, -0.15) is 5.10 Å². The number of rotatable bonds is 5. The Kier molecular flexibility index (Phi) is 3.73. The highest BCUT2D eigenvalue weighted by Crippen LogP contribution is 2.19. The predicted molar refractivity (Wildman–Crippen MR) is 83.1 cm³/mol. The van der Waals surface area contributed by atoms with Gasteiger partial charge >= 0.3 is 0 Å². The molecule has 0 aliphatic carbocycles. The molecule has 0 spiro atoms. The number of pyridine rings is 1. The summed E-state index contributed by atoms with van der Waals surface area (Å²) >= 11 is 0. The fourth-order valence-electron chi connectivity index (χ4n) is 2.49. The van der Waals surface area contributed by atoms with Gasteiger partial charge in [0.1, 0.15) is 18.2 Å². The molecule has 3 aromatic rings. The predicted octanol–water partition coefficient (Wildman–Crippen LogP) is 1.53. The van der Waals surface area contributed by atoms with Crippen LogP contribution < -0.4 is 10.1 Å². The van der Waals surface area contributed by atoms with E-state index in [1.165, 1.54) is 6.33 Å². The molecule has 1 unspecified atom stereocenters. The van der Waals surface area contributed by atoms with E-state index >= 15 is 0 Å². The Morgan fingerprint density at radius 2 is 2.35 bits per heavy atom. The van der Waals surface area contributed by atoms with Crippen molar-refractivity contribution < 1.29 is 9.47 Å². The third kappa shape index (κ3) is 3.07. The minimum Gasteiger partial charge on any atom is -0.472 e. The summed E-state index contributed by atoms with van der Waals surface area (Å²) < 4.78 is 11.1. The van der Waals surface area contributed by atoms with Crippen LogP contribution in [0, 0.1) is 0 Å². The topological polar surface area (TPSA) is 97.8 Å². The molecule has 0 radical (unpaired) electrons. The molecule has 8 nitrogen and oxygen atoms in total. The van der Waals surface area contributed by atoms with Crippen molar-refractivity contribution in [1.82, 2.24) is 25.1 Å². The molecule has 2 N–H and O–H groups in total. The molecule has 0 saturated carbocycles. The van der Waals surface area contributed by atoms with Crippen LogP contribution in [-0.2, 0) is 11.3 Å². The van der Waals surface area contributed by atoms with Crippen molar-refractivity contribution in [2.75, 3.05) is 18.5 Å². The molecule has 0 bridgehead atoms. The molecule has 1 aliphatic rings. The van der Waals surface area contributed by atoms with Crippen LogP contribution in [0.5, 0.6) is 5.88 Å². The molecule has 4 rings (SSSR count). The highest BCUT2D eigenvalue weighted by Gasteiger charge is 2.17. The third-order valence-corrected chi connectivity index (χ3v) is 3.68. The van der Waals surface area contributed by atoms with Crippen LogP contribution in [0.25, 0.3) is 11.0 Å². The SMILES string of the molecule is c1cc(CNc2ncnc3[nH]ncc23)cc(OC2CCOC2)n1. The summed E-state index contributed by atoms with van der Waals surface area (Å²) in [6, 6.07) is 3.87. The molecule has 23 heavy (non-hydrogen) atoms. The molecule has 1 fully saturated rings. The third-order valence-electron chi connectivity index (χ3n) is 3.68. The zero-order valence-electron chi connectivity index (χ0n) is 12.4. The largest absolute Gasteiger partial charge is 0.472 e. The number of nitrogens with zero attached hydrogens (tertiary/aromatic N) is 4. The van der Waals surface area contributed by atoms with E-state index in [0.29, 0.717) is 24.7 Å². The van der Waals surface area contributed by atoms with E-state index in [9.17, 15) is 0 Å². The fourth-order valence-corrected chi connectivity index (χ4v) is 2.49. The second kappa shape index (κ2) is 6.17. The van der Waals surface area contributed by atoms with E-state index in [0.717, 1.165) is 29.8 Å². The first kappa shape index (κ1) is 13.9. The number of hydrogen-bond donors (Lipinski definition) is 2. The first-order chi connectivity index (χ1) is 11.4. The van der Waals surface area contributed by atoms with Gasteiger partial charge in [-0.15, -0.1) is 0 Å². The van der Waals surface area contributed by atoms with Gasteiger partial charge in [-0.05, 0) is 11.6 Å². The van der Waals surface area contributed by atoms with Gasteiger partial charge in [0.2, 0.25) is 5.88 Å². The number of nitrogens with one attached hydrogen (secondary N) is 2. The summed E-state index contributed by atoms with van der Waals surface area (Å²) in [5.41, 5.74) is 1.77. The van der Waals surface area contributed by atoms with Crippen LogP contribution in [-0.4, -0.2) is 44.5 Å². The van der Waals surface area contributed by atoms with Gasteiger partial charge in [0.05, 0.1) is 24.8 Å². The number of aromatic nitrogens is 5. The number of H-pyrrole nitrogens is 1. The van der Waals surface area contributed by atoms with Gasteiger partial charge < -0.3 is 14.8 Å².